The molecule has 1 atom stereocenters. The van der Waals surface area contributed by atoms with Crippen molar-refractivity contribution in [1.82, 2.24) is 0 Å². The van der Waals surface area contributed by atoms with Crippen LogP contribution in [0.2, 0.25) is 0 Å². The lowest BCUT2D eigenvalue weighted by Crippen LogP contribution is -2.21. The Kier molecular flexibility index (Phi) is 2.29. The molecule has 2 N–H and O–H groups in total. The lowest BCUT2D eigenvalue weighted by atomic mass is 10.0. The van der Waals surface area contributed by atoms with Crippen LogP contribution in [0.25, 0.3) is 0 Å². The van der Waals surface area contributed by atoms with E-state index in [0.29, 0.717) is 30.1 Å². The molecular formula is C10H12FNO2. The minimum atomic E-state index is -0.346. The fraction of sp³-hybridized carbons (Fsp3) is 0.400. The molecule has 0 amide bonds. The topological polar surface area (TPSA) is 44.5 Å². The van der Waals surface area contributed by atoms with E-state index in [1.165, 1.54) is 19.2 Å². The zero-order chi connectivity index (χ0) is 10.1. The molecule has 0 spiro atoms. The standard InChI is InChI=1S/C10H12FNO2/c1-13-9-5-6(11)4-7-8(12)2-3-14-10(7)9/h4-5,8H,2-3,12H2,1H3/t8-/m1/s1. The van der Waals surface area contributed by atoms with E-state index in [1.807, 2.05) is 0 Å². The average molecular weight is 197 g/mol. The van der Waals surface area contributed by atoms with Gasteiger partial charge in [-0.3, -0.25) is 0 Å². The number of ether oxygens (including phenoxy) is 2. The van der Waals surface area contributed by atoms with Crippen molar-refractivity contribution in [2.24, 2.45) is 5.73 Å². The highest BCUT2D eigenvalue weighted by atomic mass is 19.1. The highest BCUT2D eigenvalue weighted by Gasteiger charge is 2.22. The Hall–Kier alpha value is -1.29. The molecule has 2 rings (SSSR count). The van der Waals surface area contributed by atoms with E-state index in [2.05, 4.69) is 0 Å². The predicted molar refractivity (Wildman–Crippen MR) is 50.0 cm³/mol. The van der Waals surface area contributed by atoms with Gasteiger partial charge in [0.1, 0.15) is 5.82 Å². The van der Waals surface area contributed by atoms with Crippen molar-refractivity contribution in [2.75, 3.05) is 13.7 Å². The van der Waals surface area contributed by atoms with E-state index in [4.69, 9.17) is 15.2 Å². The number of rotatable bonds is 1. The van der Waals surface area contributed by atoms with Gasteiger partial charge in [0.25, 0.3) is 0 Å². The van der Waals surface area contributed by atoms with Gasteiger partial charge in [-0.15, -0.1) is 0 Å². The number of nitrogens with two attached hydrogens (primary N) is 1. The number of fused-ring (bicyclic) bond motifs is 1. The highest BCUT2D eigenvalue weighted by Crippen LogP contribution is 2.38. The Bertz CT molecular complexity index is 354. The molecule has 0 aliphatic carbocycles. The Morgan fingerprint density at radius 3 is 3.07 bits per heavy atom. The van der Waals surface area contributed by atoms with Crippen molar-refractivity contribution in [1.29, 1.82) is 0 Å². The number of hydrogen-bond donors (Lipinski definition) is 1. The Morgan fingerprint density at radius 1 is 1.57 bits per heavy atom. The summed E-state index contributed by atoms with van der Waals surface area (Å²) >= 11 is 0. The van der Waals surface area contributed by atoms with Crippen molar-refractivity contribution in [3.05, 3.63) is 23.5 Å². The molecule has 1 aliphatic heterocycles. The SMILES string of the molecule is COc1cc(F)cc2c1OCC[C@H]2N. The van der Waals surface area contributed by atoms with Gasteiger partial charge in [-0.1, -0.05) is 0 Å². The third kappa shape index (κ3) is 1.42. The third-order valence-corrected chi connectivity index (χ3v) is 2.34. The van der Waals surface area contributed by atoms with Gasteiger partial charge in [0.15, 0.2) is 11.5 Å². The first kappa shape index (κ1) is 9.27. The molecule has 0 radical (unpaired) electrons. The first-order chi connectivity index (χ1) is 6.72. The van der Waals surface area contributed by atoms with Crippen LogP contribution in [0, 0.1) is 5.82 Å². The molecule has 0 saturated heterocycles. The van der Waals surface area contributed by atoms with Crippen molar-refractivity contribution in [3.8, 4) is 11.5 Å². The molecular weight excluding hydrogens is 185 g/mol. The first-order valence-electron chi connectivity index (χ1n) is 4.48. The lowest BCUT2D eigenvalue weighted by molar-refractivity contribution is 0.251. The minimum absolute atomic E-state index is 0.164. The Balaban J connectivity index is 2.54. The summed E-state index contributed by atoms with van der Waals surface area (Å²) in [4.78, 5) is 0. The lowest BCUT2D eigenvalue weighted by Gasteiger charge is -2.24. The van der Waals surface area contributed by atoms with E-state index in [0.717, 1.165) is 0 Å². The summed E-state index contributed by atoms with van der Waals surface area (Å²) < 4.78 is 23.5. The monoisotopic (exact) mass is 197 g/mol. The van der Waals surface area contributed by atoms with Gasteiger partial charge in [-0.05, 0) is 6.07 Å². The van der Waals surface area contributed by atoms with Gasteiger partial charge in [0.2, 0.25) is 0 Å². The van der Waals surface area contributed by atoms with Crippen molar-refractivity contribution >= 4 is 0 Å². The molecule has 76 valence electrons. The summed E-state index contributed by atoms with van der Waals surface area (Å²) in [5, 5.41) is 0. The van der Waals surface area contributed by atoms with Crippen molar-refractivity contribution in [2.45, 2.75) is 12.5 Å². The molecule has 0 bridgehead atoms. The second-order valence-electron chi connectivity index (χ2n) is 3.27. The summed E-state index contributed by atoms with van der Waals surface area (Å²) in [6.45, 7) is 0.552. The predicted octanol–water partition coefficient (Wildman–Crippen LogP) is 1.62. The Labute approximate surface area is 81.6 Å². The van der Waals surface area contributed by atoms with Gasteiger partial charge in [0, 0.05) is 24.1 Å². The van der Waals surface area contributed by atoms with Gasteiger partial charge >= 0.3 is 0 Å². The molecule has 14 heavy (non-hydrogen) atoms. The molecule has 4 heteroatoms. The number of halogens is 1. The normalized spacial score (nSPS) is 19.8. The van der Waals surface area contributed by atoms with Crippen LogP contribution in [-0.4, -0.2) is 13.7 Å². The van der Waals surface area contributed by atoms with Gasteiger partial charge in [-0.25, -0.2) is 4.39 Å². The fourth-order valence-corrected chi connectivity index (χ4v) is 1.61. The maximum absolute atomic E-state index is 13.1. The van der Waals surface area contributed by atoms with Crippen LogP contribution >= 0.6 is 0 Å². The zero-order valence-electron chi connectivity index (χ0n) is 7.92. The van der Waals surface area contributed by atoms with E-state index in [9.17, 15) is 4.39 Å². The summed E-state index contributed by atoms with van der Waals surface area (Å²) in [6, 6.07) is 2.54. The summed E-state index contributed by atoms with van der Waals surface area (Å²) in [5.74, 6) is 0.643. The smallest absolute Gasteiger partial charge is 0.166 e. The summed E-state index contributed by atoms with van der Waals surface area (Å²) in [6.07, 6.45) is 0.708. The Morgan fingerprint density at radius 2 is 2.36 bits per heavy atom. The quantitative estimate of drug-likeness (QED) is 0.744. The van der Waals surface area contributed by atoms with Crippen LogP contribution in [0.3, 0.4) is 0 Å². The maximum Gasteiger partial charge on any atom is 0.166 e. The second-order valence-corrected chi connectivity index (χ2v) is 3.27. The van der Waals surface area contributed by atoms with Gasteiger partial charge in [-0.2, -0.15) is 0 Å². The van der Waals surface area contributed by atoms with E-state index in [1.54, 1.807) is 0 Å². The number of benzene rings is 1. The van der Waals surface area contributed by atoms with Crippen LogP contribution in [0.5, 0.6) is 11.5 Å². The molecule has 0 unspecified atom stereocenters. The van der Waals surface area contributed by atoms with E-state index in [-0.39, 0.29) is 11.9 Å². The molecule has 1 aromatic carbocycles. The van der Waals surface area contributed by atoms with Crippen molar-refractivity contribution < 1.29 is 13.9 Å². The van der Waals surface area contributed by atoms with Gasteiger partial charge in [0.05, 0.1) is 13.7 Å². The molecule has 0 fully saturated rings. The van der Waals surface area contributed by atoms with E-state index < -0.39 is 0 Å². The molecule has 1 aliphatic rings. The maximum atomic E-state index is 13.1. The fourth-order valence-electron chi connectivity index (χ4n) is 1.61. The van der Waals surface area contributed by atoms with Crippen LogP contribution in [-0.2, 0) is 0 Å². The number of hydrogen-bond acceptors (Lipinski definition) is 3. The molecule has 1 aromatic rings. The molecule has 0 aromatic heterocycles. The molecule has 1 heterocycles. The zero-order valence-corrected chi connectivity index (χ0v) is 7.92. The highest BCUT2D eigenvalue weighted by molar-refractivity contribution is 5.49. The van der Waals surface area contributed by atoms with Crippen LogP contribution < -0.4 is 15.2 Å². The van der Waals surface area contributed by atoms with Crippen molar-refractivity contribution in [3.63, 3.8) is 0 Å². The molecule has 0 saturated carbocycles. The van der Waals surface area contributed by atoms with Crippen LogP contribution in [0.4, 0.5) is 4.39 Å². The van der Waals surface area contributed by atoms with Crippen LogP contribution in [0.1, 0.15) is 18.0 Å². The van der Waals surface area contributed by atoms with Gasteiger partial charge < -0.3 is 15.2 Å². The number of methoxy groups -OCH3 is 1. The largest absolute Gasteiger partial charge is 0.493 e. The molecule has 3 nitrogen and oxygen atoms in total. The average Bonchev–Trinajstić information content (AvgIpc) is 2.18. The first-order valence-corrected chi connectivity index (χ1v) is 4.48. The summed E-state index contributed by atoms with van der Waals surface area (Å²) in [7, 11) is 1.48. The third-order valence-electron chi connectivity index (χ3n) is 2.34. The minimum Gasteiger partial charge on any atom is -0.493 e. The summed E-state index contributed by atoms with van der Waals surface area (Å²) in [5.41, 5.74) is 6.52. The van der Waals surface area contributed by atoms with Crippen LogP contribution in [0.15, 0.2) is 12.1 Å². The second kappa shape index (κ2) is 3.46. The van der Waals surface area contributed by atoms with E-state index >= 15 is 0 Å².